The molecule has 1 aromatic heterocycles. The lowest BCUT2D eigenvalue weighted by atomic mass is 10.1. The Kier molecular flexibility index (Phi) is 4.38. The van der Waals surface area contributed by atoms with Gasteiger partial charge in [0, 0.05) is 17.4 Å². The number of nitrogens with zero attached hydrogens (tertiary/aromatic N) is 2. The fourth-order valence-electron chi connectivity index (χ4n) is 1.61. The Bertz CT molecular complexity index is 613. The van der Waals surface area contributed by atoms with Gasteiger partial charge in [0.05, 0.1) is 0 Å². The molecule has 1 aromatic carbocycles. The van der Waals surface area contributed by atoms with Crippen molar-refractivity contribution < 1.29 is 4.79 Å². The van der Waals surface area contributed by atoms with Crippen molar-refractivity contribution >= 4 is 29.3 Å². The van der Waals surface area contributed by atoms with Crippen LogP contribution in [0.3, 0.4) is 0 Å². The number of nitrogen functional groups attached to an aromatic ring is 3. The minimum Gasteiger partial charge on any atom is -0.383 e. The quantitative estimate of drug-likeness (QED) is 0.212. The largest absolute Gasteiger partial charge is 0.383 e. The molecule has 0 aliphatic carbocycles. The Hall–Kier alpha value is -2.32. The summed E-state index contributed by atoms with van der Waals surface area (Å²) in [5.74, 6) is 5.95. The molecule has 0 saturated heterocycles. The maximum atomic E-state index is 11.6. The zero-order valence-corrected chi connectivity index (χ0v) is 11.4. The van der Waals surface area contributed by atoms with E-state index in [0.717, 1.165) is 5.56 Å². The number of hydrogen-bond acceptors (Lipinski definition) is 7. The van der Waals surface area contributed by atoms with Gasteiger partial charge in [-0.3, -0.25) is 10.2 Å². The highest BCUT2D eigenvalue weighted by Gasteiger charge is 2.10. The van der Waals surface area contributed by atoms with E-state index in [-0.39, 0.29) is 5.91 Å². The average Bonchev–Trinajstić information content (AvgIpc) is 2.43. The molecule has 2 rings (SSSR count). The minimum absolute atomic E-state index is 0.313. The summed E-state index contributed by atoms with van der Waals surface area (Å²) < 4.78 is 0. The van der Waals surface area contributed by atoms with Gasteiger partial charge in [0.25, 0.3) is 5.91 Å². The SMILES string of the molecule is NNC(=O)c1ccccc1CSc1nc(N)cc(N)n1. The summed E-state index contributed by atoms with van der Waals surface area (Å²) in [6.45, 7) is 0. The highest BCUT2D eigenvalue weighted by Crippen LogP contribution is 2.23. The van der Waals surface area contributed by atoms with E-state index in [2.05, 4.69) is 15.4 Å². The number of carbonyl (C=O) groups is 1. The van der Waals surface area contributed by atoms with Crippen LogP contribution in [0.2, 0.25) is 0 Å². The van der Waals surface area contributed by atoms with Gasteiger partial charge in [-0.25, -0.2) is 15.8 Å². The summed E-state index contributed by atoms with van der Waals surface area (Å²) in [6.07, 6.45) is 0. The molecule has 2 aromatic rings. The number of nitrogens with one attached hydrogen (secondary N) is 1. The first-order valence-corrected chi connectivity index (χ1v) is 6.70. The number of amides is 1. The van der Waals surface area contributed by atoms with Gasteiger partial charge in [-0.2, -0.15) is 0 Å². The third-order valence-corrected chi connectivity index (χ3v) is 3.39. The van der Waals surface area contributed by atoms with Crippen molar-refractivity contribution in [2.75, 3.05) is 11.5 Å². The van der Waals surface area contributed by atoms with Crippen molar-refractivity contribution in [3.8, 4) is 0 Å². The Balaban J connectivity index is 2.16. The van der Waals surface area contributed by atoms with E-state index in [0.29, 0.717) is 28.1 Å². The van der Waals surface area contributed by atoms with Crippen molar-refractivity contribution in [1.82, 2.24) is 15.4 Å². The van der Waals surface area contributed by atoms with Gasteiger partial charge in [-0.1, -0.05) is 30.0 Å². The lowest BCUT2D eigenvalue weighted by Crippen LogP contribution is -2.30. The van der Waals surface area contributed by atoms with Gasteiger partial charge in [-0.15, -0.1) is 0 Å². The summed E-state index contributed by atoms with van der Waals surface area (Å²) in [4.78, 5) is 19.8. The molecule has 0 aliphatic heterocycles. The molecule has 1 heterocycles. The van der Waals surface area contributed by atoms with Crippen molar-refractivity contribution in [2.45, 2.75) is 10.9 Å². The Morgan fingerprint density at radius 1 is 1.20 bits per heavy atom. The maximum Gasteiger partial charge on any atom is 0.265 e. The predicted octanol–water partition coefficient (Wildman–Crippen LogP) is 0.537. The zero-order chi connectivity index (χ0) is 14.5. The second-order valence-corrected chi connectivity index (χ2v) is 4.86. The van der Waals surface area contributed by atoms with Gasteiger partial charge in [0.1, 0.15) is 11.6 Å². The average molecular weight is 290 g/mol. The van der Waals surface area contributed by atoms with Crippen LogP contribution in [0.1, 0.15) is 15.9 Å². The highest BCUT2D eigenvalue weighted by atomic mass is 32.2. The number of hydrogen-bond donors (Lipinski definition) is 4. The van der Waals surface area contributed by atoms with Crippen LogP contribution in [0.25, 0.3) is 0 Å². The second-order valence-electron chi connectivity index (χ2n) is 3.92. The monoisotopic (exact) mass is 290 g/mol. The number of aromatic nitrogens is 2. The van der Waals surface area contributed by atoms with Crippen LogP contribution in [-0.2, 0) is 5.75 Å². The molecule has 104 valence electrons. The summed E-state index contributed by atoms with van der Waals surface area (Å²) in [5.41, 5.74) is 14.7. The molecule has 0 atom stereocenters. The first-order chi connectivity index (χ1) is 9.60. The van der Waals surface area contributed by atoms with E-state index in [1.165, 1.54) is 17.8 Å². The molecule has 0 bridgehead atoms. The molecule has 20 heavy (non-hydrogen) atoms. The van der Waals surface area contributed by atoms with Crippen LogP contribution in [0, 0.1) is 0 Å². The van der Waals surface area contributed by atoms with Crippen molar-refractivity contribution in [2.24, 2.45) is 5.84 Å². The Morgan fingerprint density at radius 3 is 2.50 bits per heavy atom. The molecular weight excluding hydrogens is 276 g/mol. The van der Waals surface area contributed by atoms with Crippen molar-refractivity contribution in [3.63, 3.8) is 0 Å². The molecule has 0 unspecified atom stereocenters. The summed E-state index contributed by atoms with van der Waals surface area (Å²) >= 11 is 1.34. The summed E-state index contributed by atoms with van der Waals surface area (Å²) in [6, 6.07) is 8.64. The highest BCUT2D eigenvalue weighted by molar-refractivity contribution is 7.98. The molecule has 0 radical (unpaired) electrons. The van der Waals surface area contributed by atoms with Crippen molar-refractivity contribution in [1.29, 1.82) is 0 Å². The topological polar surface area (TPSA) is 133 Å². The van der Waals surface area contributed by atoms with Gasteiger partial charge in [0.2, 0.25) is 0 Å². The summed E-state index contributed by atoms with van der Waals surface area (Å²) in [5, 5.41) is 0.463. The standard InChI is InChI=1S/C12H14N6OS/c13-9-5-10(14)17-12(16-9)20-6-7-3-1-2-4-8(7)11(19)18-15/h1-5H,6,15H2,(H,18,19)(H4,13,14,16,17). The normalized spacial score (nSPS) is 10.2. The molecule has 7 N–H and O–H groups in total. The number of benzene rings is 1. The molecule has 0 spiro atoms. The lowest BCUT2D eigenvalue weighted by molar-refractivity contribution is 0.0953. The molecule has 0 saturated carbocycles. The smallest absolute Gasteiger partial charge is 0.265 e. The first kappa shape index (κ1) is 14.1. The fraction of sp³-hybridized carbons (Fsp3) is 0.0833. The first-order valence-electron chi connectivity index (χ1n) is 5.72. The Labute approximate surface area is 119 Å². The van der Waals surface area contributed by atoms with Crippen molar-refractivity contribution in [3.05, 3.63) is 41.5 Å². The van der Waals surface area contributed by atoms with E-state index in [1.54, 1.807) is 12.1 Å². The van der Waals surface area contributed by atoms with Crippen LogP contribution < -0.4 is 22.7 Å². The Morgan fingerprint density at radius 2 is 1.85 bits per heavy atom. The van der Waals surface area contributed by atoms with Gasteiger partial charge in [-0.05, 0) is 11.6 Å². The van der Waals surface area contributed by atoms with E-state index >= 15 is 0 Å². The van der Waals surface area contributed by atoms with Gasteiger partial charge >= 0.3 is 0 Å². The lowest BCUT2D eigenvalue weighted by Gasteiger charge is -2.07. The summed E-state index contributed by atoms with van der Waals surface area (Å²) in [7, 11) is 0. The number of nitrogens with two attached hydrogens (primary N) is 3. The molecule has 0 aliphatic rings. The van der Waals surface area contributed by atoms with E-state index in [9.17, 15) is 4.79 Å². The van der Waals surface area contributed by atoms with Gasteiger partial charge in [0.15, 0.2) is 5.16 Å². The van der Waals surface area contributed by atoms with E-state index < -0.39 is 0 Å². The van der Waals surface area contributed by atoms with Crippen LogP contribution in [0.4, 0.5) is 11.6 Å². The van der Waals surface area contributed by atoms with E-state index in [1.807, 2.05) is 12.1 Å². The molecule has 1 amide bonds. The number of anilines is 2. The van der Waals surface area contributed by atoms with E-state index in [4.69, 9.17) is 17.3 Å². The number of hydrazine groups is 1. The number of thioether (sulfide) groups is 1. The van der Waals surface area contributed by atoms with Crippen LogP contribution >= 0.6 is 11.8 Å². The molecule has 7 nitrogen and oxygen atoms in total. The third kappa shape index (κ3) is 3.37. The maximum absolute atomic E-state index is 11.6. The van der Waals surface area contributed by atoms with Gasteiger partial charge < -0.3 is 11.5 Å². The van der Waals surface area contributed by atoms with Crippen LogP contribution in [0.15, 0.2) is 35.5 Å². The number of carbonyl (C=O) groups excluding carboxylic acids is 1. The fourth-order valence-corrected chi connectivity index (χ4v) is 2.49. The third-order valence-electron chi connectivity index (χ3n) is 2.50. The zero-order valence-electron chi connectivity index (χ0n) is 10.5. The molecule has 0 fully saturated rings. The predicted molar refractivity (Wildman–Crippen MR) is 78.5 cm³/mol. The number of rotatable bonds is 4. The second kappa shape index (κ2) is 6.22. The van der Waals surface area contributed by atoms with Crippen LogP contribution in [0.5, 0.6) is 0 Å². The molecule has 8 heteroatoms. The molecular formula is C12H14N6OS. The van der Waals surface area contributed by atoms with Crippen LogP contribution in [-0.4, -0.2) is 15.9 Å². The minimum atomic E-state index is -0.339.